The molecule has 2 heteroatoms. The summed E-state index contributed by atoms with van der Waals surface area (Å²) in [5.41, 5.74) is 10.1. The van der Waals surface area contributed by atoms with Gasteiger partial charge < -0.3 is 5.73 Å². The molecule has 0 amide bonds. The number of likely N-dealkylation sites (N-methyl/N-ethyl adjacent to an activating group) is 1. The zero-order valence-corrected chi connectivity index (χ0v) is 9.66. The van der Waals surface area contributed by atoms with Crippen molar-refractivity contribution in [3.8, 4) is 0 Å². The van der Waals surface area contributed by atoms with E-state index in [0.29, 0.717) is 5.92 Å². The molecule has 0 radical (unpaired) electrons. The van der Waals surface area contributed by atoms with Crippen molar-refractivity contribution < 1.29 is 0 Å². The molecule has 1 aromatic carbocycles. The standard InChI is InChI=1S/C13H20N2/c1-3-15-8-11-6-10(2)4-5-13(11)12(7-14)9-15/h4-6,12H,3,7-9,14H2,1-2H3. The van der Waals surface area contributed by atoms with Crippen LogP contribution in [0.15, 0.2) is 18.2 Å². The summed E-state index contributed by atoms with van der Waals surface area (Å²) in [7, 11) is 0. The Hall–Kier alpha value is -0.860. The van der Waals surface area contributed by atoms with Crippen LogP contribution in [0.3, 0.4) is 0 Å². The van der Waals surface area contributed by atoms with Gasteiger partial charge in [-0.25, -0.2) is 0 Å². The summed E-state index contributed by atoms with van der Waals surface area (Å²) in [6.45, 7) is 8.44. The number of hydrogen-bond donors (Lipinski definition) is 1. The Morgan fingerprint density at radius 3 is 2.93 bits per heavy atom. The van der Waals surface area contributed by atoms with Crippen LogP contribution in [0.1, 0.15) is 29.5 Å². The Bertz CT molecular complexity index is 346. The lowest BCUT2D eigenvalue weighted by molar-refractivity contribution is 0.243. The van der Waals surface area contributed by atoms with Gasteiger partial charge in [-0.2, -0.15) is 0 Å². The minimum Gasteiger partial charge on any atom is -0.330 e. The summed E-state index contributed by atoms with van der Waals surface area (Å²) >= 11 is 0. The molecule has 2 rings (SSSR count). The molecule has 0 saturated carbocycles. The predicted octanol–water partition coefficient (Wildman–Crippen LogP) is 1.87. The van der Waals surface area contributed by atoms with Crippen LogP contribution < -0.4 is 5.73 Å². The van der Waals surface area contributed by atoms with Gasteiger partial charge in [-0.05, 0) is 24.6 Å². The maximum Gasteiger partial charge on any atom is 0.0236 e. The van der Waals surface area contributed by atoms with E-state index in [1.54, 1.807) is 0 Å². The van der Waals surface area contributed by atoms with E-state index < -0.39 is 0 Å². The lowest BCUT2D eigenvalue weighted by Crippen LogP contribution is -2.36. The van der Waals surface area contributed by atoms with Gasteiger partial charge >= 0.3 is 0 Å². The summed E-state index contributed by atoms with van der Waals surface area (Å²) in [5, 5.41) is 0. The van der Waals surface area contributed by atoms with Gasteiger partial charge in [-0.15, -0.1) is 0 Å². The van der Waals surface area contributed by atoms with E-state index in [9.17, 15) is 0 Å². The zero-order valence-electron chi connectivity index (χ0n) is 9.66. The lowest BCUT2D eigenvalue weighted by Gasteiger charge is -2.33. The molecule has 0 spiro atoms. The van der Waals surface area contributed by atoms with Gasteiger partial charge in [0, 0.05) is 25.6 Å². The van der Waals surface area contributed by atoms with Crippen LogP contribution in [-0.4, -0.2) is 24.5 Å². The average molecular weight is 204 g/mol. The van der Waals surface area contributed by atoms with E-state index in [2.05, 4.69) is 36.9 Å². The lowest BCUT2D eigenvalue weighted by atomic mass is 9.89. The molecule has 1 aliphatic heterocycles. The third-order valence-electron chi connectivity index (χ3n) is 3.34. The molecule has 0 fully saturated rings. The molecule has 1 aromatic rings. The first-order chi connectivity index (χ1) is 7.24. The number of nitrogens with two attached hydrogens (primary N) is 1. The van der Waals surface area contributed by atoms with Crippen LogP contribution >= 0.6 is 0 Å². The Balaban J connectivity index is 2.35. The van der Waals surface area contributed by atoms with Crippen molar-refractivity contribution in [2.45, 2.75) is 26.3 Å². The maximum absolute atomic E-state index is 5.85. The van der Waals surface area contributed by atoms with Crippen LogP contribution in [0, 0.1) is 6.92 Å². The average Bonchev–Trinajstić information content (AvgIpc) is 2.26. The molecule has 2 nitrogen and oxygen atoms in total. The van der Waals surface area contributed by atoms with E-state index in [-0.39, 0.29) is 0 Å². The third kappa shape index (κ3) is 2.06. The van der Waals surface area contributed by atoms with E-state index in [1.165, 1.54) is 16.7 Å². The van der Waals surface area contributed by atoms with Crippen molar-refractivity contribution in [1.29, 1.82) is 0 Å². The number of nitrogens with zero attached hydrogens (tertiary/aromatic N) is 1. The van der Waals surface area contributed by atoms with Gasteiger partial charge in [0.05, 0.1) is 0 Å². The summed E-state index contributed by atoms with van der Waals surface area (Å²) in [6.07, 6.45) is 0. The van der Waals surface area contributed by atoms with Crippen molar-refractivity contribution >= 4 is 0 Å². The molecule has 1 aliphatic rings. The number of hydrogen-bond acceptors (Lipinski definition) is 2. The number of aryl methyl sites for hydroxylation is 1. The molecular formula is C13H20N2. The van der Waals surface area contributed by atoms with Crippen molar-refractivity contribution in [2.75, 3.05) is 19.6 Å². The Morgan fingerprint density at radius 1 is 1.47 bits per heavy atom. The molecule has 0 aliphatic carbocycles. The van der Waals surface area contributed by atoms with Gasteiger partial charge in [0.1, 0.15) is 0 Å². The highest BCUT2D eigenvalue weighted by atomic mass is 15.1. The SMILES string of the molecule is CCN1Cc2cc(C)ccc2C(CN)C1. The summed E-state index contributed by atoms with van der Waals surface area (Å²) in [6, 6.07) is 6.76. The van der Waals surface area contributed by atoms with E-state index in [4.69, 9.17) is 5.73 Å². The summed E-state index contributed by atoms with van der Waals surface area (Å²) in [5.74, 6) is 0.522. The van der Waals surface area contributed by atoms with Gasteiger partial charge in [-0.1, -0.05) is 30.7 Å². The minimum atomic E-state index is 0.522. The van der Waals surface area contributed by atoms with Crippen molar-refractivity contribution in [1.82, 2.24) is 4.90 Å². The summed E-state index contributed by atoms with van der Waals surface area (Å²) < 4.78 is 0. The van der Waals surface area contributed by atoms with E-state index in [1.807, 2.05) is 0 Å². The van der Waals surface area contributed by atoms with Gasteiger partial charge in [-0.3, -0.25) is 4.90 Å². The quantitative estimate of drug-likeness (QED) is 0.797. The highest BCUT2D eigenvalue weighted by molar-refractivity contribution is 5.36. The largest absolute Gasteiger partial charge is 0.330 e. The second-order valence-electron chi connectivity index (χ2n) is 4.46. The van der Waals surface area contributed by atoms with Crippen molar-refractivity contribution in [3.05, 3.63) is 34.9 Å². The number of fused-ring (bicyclic) bond motifs is 1. The monoisotopic (exact) mass is 204 g/mol. The minimum absolute atomic E-state index is 0.522. The topological polar surface area (TPSA) is 29.3 Å². The van der Waals surface area contributed by atoms with Crippen LogP contribution in [0.4, 0.5) is 0 Å². The molecule has 0 aromatic heterocycles. The van der Waals surface area contributed by atoms with Crippen LogP contribution in [0.5, 0.6) is 0 Å². The van der Waals surface area contributed by atoms with Crippen LogP contribution in [0.2, 0.25) is 0 Å². The molecule has 82 valence electrons. The second-order valence-corrected chi connectivity index (χ2v) is 4.46. The molecular weight excluding hydrogens is 184 g/mol. The van der Waals surface area contributed by atoms with Gasteiger partial charge in [0.2, 0.25) is 0 Å². The van der Waals surface area contributed by atoms with Crippen LogP contribution in [0.25, 0.3) is 0 Å². The Morgan fingerprint density at radius 2 is 2.27 bits per heavy atom. The van der Waals surface area contributed by atoms with Gasteiger partial charge in [0.25, 0.3) is 0 Å². The Labute approximate surface area is 92.1 Å². The normalized spacial score (nSPS) is 21.4. The third-order valence-corrected chi connectivity index (χ3v) is 3.34. The molecule has 0 bridgehead atoms. The van der Waals surface area contributed by atoms with Crippen LogP contribution in [-0.2, 0) is 6.54 Å². The molecule has 1 atom stereocenters. The fourth-order valence-corrected chi connectivity index (χ4v) is 2.43. The smallest absolute Gasteiger partial charge is 0.0236 e. The maximum atomic E-state index is 5.85. The van der Waals surface area contributed by atoms with Crippen molar-refractivity contribution in [3.63, 3.8) is 0 Å². The molecule has 1 unspecified atom stereocenters. The highest BCUT2D eigenvalue weighted by Gasteiger charge is 2.22. The fourth-order valence-electron chi connectivity index (χ4n) is 2.43. The zero-order chi connectivity index (χ0) is 10.8. The van der Waals surface area contributed by atoms with E-state index >= 15 is 0 Å². The highest BCUT2D eigenvalue weighted by Crippen LogP contribution is 2.28. The van der Waals surface area contributed by atoms with Gasteiger partial charge in [0.15, 0.2) is 0 Å². The number of rotatable bonds is 2. The van der Waals surface area contributed by atoms with E-state index in [0.717, 1.165) is 26.2 Å². The first-order valence-corrected chi connectivity index (χ1v) is 5.76. The van der Waals surface area contributed by atoms with Crippen molar-refractivity contribution in [2.24, 2.45) is 5.73 Å². The predicted molar refractivity (Wildman–Crippen MR) is 63.9 cm³/mol. The first kappa shape index (κ1) is 10.7. The second kappa shape index (κ2) is 4.33. The number of benzene rings is 1. The summed E-state index contributed by atoms with van der Waals surface area (Å²) in [4.78, 5) is 2.47. The molecule has 0 saturated heterocycles. The molecule has 15 heavy (non-hydrogen) atoms. The first-order valence-electron chi connectivity index (χ1n) is 5.76. The molecule has 1 heterocycles. The molecule has 2 N–H and O–H groups in total. The Kier molecular flexibility index (Phi) is 3.08. The fraction of sp³-hybridized carbons (Fsp3) is 0.538.